The van der Waals surface area contributed by atoms with Crippen LogP contribution in [-0.4, -0.2) is 35.2 Å². The summed E-state index contributed by atoms with van der Waals surface area (Å²) in [6.45, 7) is 11.0. The number of anilines is 1. The summed E-state index contributed by atoms with van der Waals surface area (Å²) in [4.78, 5) is 7.34. The lowest BCUT2D eigenvalue weighted by Gasteiger charge is -2.35. The molecule has 1 N–H and O–H groups in total. The second-order valence-electron chi connectivity index (χ2n) is 5.37. The number of nitrogens with one attached hydrogen (secondary N) is 1. The van der Waals surface area contributed by atoms with Crippen molar-refractivity contribution in [2.45, 2.75) is 59.0 Å². The molecule has 108 valence electrons. The monoisotopic (exact) mass is 264 g/mol. The number of nitrogens with zero attached hydrogens (tertiary/aromatic N) is 3. The van der Waals surface area contributed by atoms with E-state index >= 15 is 0 Å². The van der Waals surface area contributed by atoms with Gasteiger partial charge in [0, 0.05) is 31.9 Å². The molecule has 19 heavy (non-hydrogen) atoms. The van der Waals surface area contributed by atoms with Gasteiger partial charge < -0.3 is 14.8 Å². The second kappa shape index (κ2) is 6.94. The van der Waals surface area contributed by atoms with Crippen molar-refractivity contribution in [1.29, 1.82) is 0 Å². The molecule has 0 aromatic carbocycles. The molecule has 1 atom stereocenters. The van der Waals surface area contributed by atoms with Gasteiger partial charge in [0.25, 0.3) is 0 Å². The third-order valence-electron chi connectivity index (χ3n) is 3.94. The van der Waals surface area contributed by atoms with Crippen LogP contribution < -0.4 is 10.2 Å². The van der Waals surface area contributed by atoms with Crippen molar-refractivity contribution in [3.63, 3.8) is 0 Å². The van der Waals surface area contributed by atoms with Crippen LogP contribution in [-0.2, 0) is 13.0 Å². The maximum Gasteiger partial charge on any atom is 0.206 e. The minimum absolute atomic E-state index is 0.599. The average molecular weight is 264 g/mol. The van der Waals surface area contributed by atoms with Gasteiger partial charge in [0.05, 0.1) is 5.69 Å². The van der Waals surface area contributed by atoms with Crippen LogP contribution in [0, 0.1) is 0 Å². The lowest BCUT2D eigenvalue weighted by Crippen LogP contribution is -2.47. The molecule has 1 aliphatic heterocycles. The van der Waals surface area contributed by atoms with Gasteiger partial charge in [-0.05, 0) is 39.2 Å². The molecule has 4 heteroatoms. The van der Waals surface area contributed by atoms with Gasteiger partial charge in [0.2, 0.25) is 5.95 Å². The van der Waals surface area contributed by atoms with E-state index in [1.807, 2.05) is 0 Å². The molecular weight excluding hydrogens is 236 g/mol. The molecule has 1 saturated heterocycles. The number of rotatable bonds is 6. The first kappa shape index (κ1) is 14.4. The van der Waals surface area contributed by atoms with Gasteiger partial charge in [-0.15, -0.1) is 0 Å². The molecule has 0 radical (unpaired) electrons. The summed E-state index contributed by atoms with van der Waals surface area (Å²) in [6, 6.07) is 0.599. The predicted octanol–water partition coefficient (Wildman–Crippen LogP) is 2.43. The Balaban J connectivity index is 2.22. The third kappa shape index (κ3) is 3.30. The van der Waals surface area contributed by atoms with Crippen LogP contribution in [0.2, 0.25) is 0 Å². The van der Waals surface area contributed by atoms with E-state index in [1.165, 1.54) is 24.5 Å². The second-order valence-corrected chi connectivity index (χ2v) is 5.37. The average Bonchev–Trinajstić information content (AvgIpc) is 2.85. The van der Waals surface area contributed by atoms with E-state index < -0.39 is 0 Å². The minimum atomic E-state index is 0.599. The highest BCUT2D eigenvalue weighted by molar-refractivity contribution is 5.35. The Hall–Kier alpha value is -1.03. The van der Waals surface area contributed by atoms with Crippen LogP contribution >= 0.6 is 0 Å². The van der Waals surface area contributed by atoms with E-state index in [2.05, 4.69) is 41.8 Å². The Morgan fingerprint density at radius 1 is 1.42 bits per heavy atom. The van der Waals surface area contributed by atoms with Gasteiger partial charge in [-0.25, -0.2) is 4.98 Å². The van der Waals surface area contributed by atoms with Gasteiger partial charge in [-0.2, -0.15) is 0 Å². The highest BCUT2D eigenvalue weighted by Gasteiger charge is 2.23. The minimum Gasteiger partial charge on any atom is -0.338 e. The van der Waals surface area contributed by atoms with Crippen LogP contribution in [0.4, 0.5) is 5.95 Å². The Morgan fingerprint density at radius 2 is 2.26 bits per heavy atom. The summed E-state index contributed by atoms with van der Waals surface area (Å²) in [7, 11) is 0. The van der Waals surface area contributed by atoms with Crippen molar-refractivity contribution in [2.75, 3.05) is 24.5 Å². The number of imidazole rings is 1. The standard InChI is InChI=1S/C15H28N4/c1-4-10-18-12-13(5-2)17-15(18)19(6-3)14-8-7-9-16-11-14/h12,14,16H,4-11H2,1-3H3. The number of aryl methyl sites for hydroxylation is 2. The van der Waals surface area contributed by atoms with Gasteiger partial charge in [0.1, 0.15) is 0 Å². The highest BCUT2D eigenvalue weighted by Crippen LogP contribution is 2.21. The van der Waals surface area contributed by atoms with Crippen molar-refractivity contribution < 1.29 is 0 Å². The molecule has 0 spiro atoms. The van der Waals surface area contributed by atoms with Crippen LogP contribution in [0.1, 0.15) is 45.7 Å². The summed E-state index contributed by atoms with van der Waals surface area (Å²) in [5.41, 5.74) is 1.21. The lowest BCUT2D eigenvalue weighted by molar-refractivity contribution is 0.427. The molecule has 0 bridgehead atoms. The Labute approximate surface area is 117 Å². The zero-order valence-corrected chi connectivity index (χ0v) is 12.7. The highest BCUT2D eigenvalue weighted by atomic mass is 15.3. The van der Waals surface area contributed by atoms with E-state index in [-0.39, 0.29) is 0 Å². The molecule has 0 saturated carbocycles. The smallest absolute Gasteiger partial charge is 0.206 e. The number of hydrogen-bond donors (Lipinski definition) is 1. The summed E-state index contributed by atoms with van der Waals surface area (Å²) < 4.78 is 2.34. The van der Waals surface area contributed by atoms with Crippen molar-refractivity contribution in [3.05, 3.63) is 11.9 Å². The molecule has 2 rings (SSSR count). The first-order valence-electron chi connectivity index (χ1n) is 7.83. The van der Waals surface area contributed by atoms with E-state index in [4.69, 9.17) is 4.98 Å². The normalized spacial score (nSPS) is 19.6. The molecular formula is C15H28N4. The van der Waals surface area contributed by atoms with Crippen LogP contribution in [0.15, 0.2) is 6.20 Å². The molecule has 0 aliphatic carbocycles. The van der Waals surface area contributed by atoms with Gasteiger partial charge >= 0.3 is 0 Å². The lowest BCUT2D eigenvalue weighted by atomic mass is 10.1. The summed E-state index contributed by atoms with van der Waals surface area (Å²) in [5.74, 6) is 1.18. The van der Waals surface area contributed by atoms with E-state index in [9.17, 15) is 0 Å². The van der Waals surface area contributed by atoms with Gasteiger partial charge in [-0.3, -0.25) is 0 Å². The Morgan fingerprint density at radius 3 is 2.84 bits per heavy atom. The van der Waals surface area contributed by atoms with Crippen LogP contribution in [0.5, 0.6) is 0 Å². The molecule has 4 nitrogen and oxygen atoms in total. The van der Waals surface area contributed by atoms with E-state index in [0.717, 1.165) is 39.0 Å². The maximum absolute atomic E-state index is 4.85. The van der Waals surface area contributed by atoms with Crippen molar-refractivity contribution in [3.8, 4) is 0 Å². The molecule has 0 amide bonds. The fraction of sp³-hybridized carbons (Fsp3) is 0.800. The molecule has 1 fully saturated rings. The van der Waals surface area contributed by atoms with Crippen LogP contribution in [0.25, 0.3) is 0 Å². The summed E-state index contributed by atoms with van der Waals surface area (Å²) >= 11 is 0. The molecule has 1 aliphatic rings. The fourth-order valence-electron chi connectivity index (χ4n) is 2.93. The zero-order valence-electron chi connectivity index (χ0n) is 12.7. The molecule has 1 aromatic heterocycles. The number of hydrogen-bond acceptors (Lipinski definition) is 3. The Bertz CT molecular complexity index is 379. The number of likely N-dealkylation sites (N-methyl/N-ethyl adjacent to an activating group) is 1. The molecule has 2 heterocycles. The van der Waals surface area contributed by atoms with Gasteiger partial charge in [-0.1, -0.05) is 13.8 Å². The Kier molecular flexibility index (Phi) is 5.25. The van der Waals surface area contributed by atoms with E-state index in [1.54, 1.807) is 0 Å². The fourth-order valence-corrected chi connectivity index (χ4v) is 2.93. The largest absolute Gasteiger partial charge is 0.338 e. The SMILES string of the molecule is CCCn1cc(CC)nc1N(CC)C1CCCNC1. The van der Waals surface area contributed by atoms with Crippen molar-refractivity contribution in [1.82, 2.24) is 14.9 Å². The zero-order chi connectivity index (χ0) is 13.7. The quantitative estimate of drug-likeness (QED) is 0.856. The first-order chi connectivity index (χ1) is 9.30. The van der Waals surface area contributed by atoms with E-state index in [0.29, 0.717) is 6.04 Å². The predicted molar refractivity (Wildman–Crippen MR) is 80.8 cm³/mol. The van der Waals surface area contributed by atoms with Crippen molar-refractivity contribution in [2.24, 2.45) is 0 Å². The maximum atomic E-state index is 4.85. The third-order valence-corrected chi connectivity index (χ3v) is 3.94. The van der Waals surface area contributed by atoms with Crippen molar-refractivity contribution >= 4 is 5.95 Å². The van der Waals surface area contributed by atoms with Gasteiger partial charge in [0.15, 0.2) is 0 Å². The molecule has 1 aromatic rings. The van der Waals surface area contributed by atoms with Crippen LogP contribution in [0.3, 0.4) is 0 Å². The first-order valence-corrected chi connectivity index (χ1v) is 7.83. The number of aromatic nitrogens is 2. The summed E-state index contributed by atoms with van der Waals surface area (Å²) in [6.07, 6.45) is 6.96. The molecule has 1 unspecified atom stereocenters. The topological polar surface area (TPSA) is 33.1 Å². The number of piperidine rings is 1. The summed E-state index contributed by atoms with van der Waals surface area (Å²) in [5, 5.41) is 3.51.